The molecule has 1 saturated carbocycles. The normalized spacial score (nSPS) is 26.9. The van der Waals surface area contributed by atoms with E-state index in [9.17, 15) is 14.7 Å². The molecular weight excluding hydrogens is 624 g/mol. The molecule has 49 heavy (non-hydrogen) atoms. The van der Waals surface area contributed by atoms with Crippen molar-refractivity contribution in [2.75, 3.05) is 11.5 Å². The minimum Gasteiger partial charge on any atom is -0.507 e. The summed E-state index contributed by atoms with van der Waals surface area (Å²) in [4.78, 5) is 36.0. The van der Waals surface area contributed by atoms with Gasteiger partial charge in [-0.25, -0.2) is 14.8 Å². The zero-order valence-electron chi connectivity index (χ0n) is 28.1. The Bertz CT molecular complexity index is 2050. The Morgan fingerprint density at radius 3 is 2.53 bits per heavy atom. The molecule has 3 aliphatic heterocycles. The van der Waals surface area contributed by atoms with Gasteiger partial charge in [0.25, 0.3) is 0 Å². The number of aromatic nitrogens is 2. The van der Waals surface area contributed by atoms with Crippen LogP contribution < -0.4 is 21.6 Å². The Labute approximate surface area is 284 Å². The van der Waals surface area contributed by atoms with E-state index < -0.39 is 23.3 Å². The number of rotatable bonds is 4. The summed E-state index contributed by atoms with van der Waals surface area (Å²) in [6.45, 7) is 5.47. The number of epoxide rings is 1. The fourth-order valence-corrected chi connectivity index (χ4v) is 8.88. The van der Waals surface area contributed by atoms with Crippen molar-refractivity contribution in [3.63, 3.8) is 0 Å². The molecule has 1 spiro atoms. The molecule has 8 rings (SSSR count). The van der Waals surface area contributed by atoms with Crippen LogP contribution >= 0.6 is 0 Å². The molecule has 1 aliphatic carbocycles. The summed E-state index contributed by atoms with van der Waals surface area (Å²) in [5.74, 6) is 0.749. The average Bonchev–Trinajstić information content (AvgIpc) is 3.48. The largest absolute Gasteiger partial charge is 0.507 e. The van der Waals surface area contributed by atoms with Gasteiger partial charge in [0.15, 0.2) is 11.0 Å². The van der Waals surface area contributed by atoms with Crippen molar-refractivity contribution >= 4 is 28.6 Å². The van der Waals surface area contributed by atoms with E-state index in [4.69, 9.17) is 30.1 Å². The van der Waals surface area contributed by atoms with E-state index in [0.29, 0.717) is 48.0 Å². The molecule has 256 valence electrons. The first-order valence-corrected chi connectivity index (χ1v) is 17.3. The molecular formula is C38H42N4O7. The molecule has 0 radical (unpaired) electrons. The van der Waals surface area contributed by atoms with Crippen molar-refractivity contribution in [2.24, 2.45) is 0 Å². The van der Waals surface area contributed by atoms with Crippen LogP contribution in [0.15, 0.2) is 51.8 Å². The summed E-state index contributed by atoms with van der Waals surface area (Å²) in [7, 11) is 0. The molecule has 11 nitrogen and oxygen atoms in total. The zero-order valence-corrected chi connectivity index (χ0v) is 28.1. The zero-order chi connectivity index (χ0) is 34.3. The minimum absolute atomic E-state index is 0.105. The molecule has 11 heteroatoms. The van der Waals surface area contributed by atoms with Gasteiger partial charge in [0.05, 0.1) is 11.8 Å². The Balaban J connectivity index is 1.10. The quantitative estimate of drug-likeness (QED) is 0.167. The number of nitrogens with two attached hydrogens (primary N) is 2. The van der Waals surface area contributed by atoms with Gasteiger partial charge in [0.2, 0.25) is 0 Å². The van der Waals surface area contributed by atoms with Crippen molar-refractivity contribution in [3.8, 4) is 22.8 Å². The minimum atomic E-state index is -1.06. The lowest BCUT2D eigenvalue weighted by Crippen LogP contribution is -2.52. The summed E-state index contributed by atoms with van der Waals surface area (Å²) in [5, 5.41) is 11.6. The standard InChI is InChI=1S/C38H42N4O7/c1-20-14-25(43)32-26(46-20)18-27-31(33(32)44)23-8-4-5-12-38(35(45)47-34(23)36(2,3)48-27)28(49-38)19-37(10-6-7-11-37)22-16-24(42-30(40)17-22)21-9-13-41-29(39)15-21/h9,13-18,23,28,34,44H,4-8,10-12,19H2,1-3H3,(H2,39,41)(H2,40,42). The maximum atomic E-state index is 14.3. The van der Waals surface area contributed by atoms with Gasteiger partial charge in [-0.2, -0.15) is 0 Å². The Morgan fingerprint density at radius 2 is 1.76 bits per heavy atom. The van der Waals surface area contributed by atoms with Crippen LogP contribution in [0.25, 0.3) is 22.2 Å². The van der Waals surface area contributed by atoms with Crippen LogP contribution in [-0.4, -0.2) is 44.5 Å². The van der Waals surface area contributed by atoms with E-state index in [-0.39, 0.29) is 39.6 Å². The first-order valence-electron chi connectivity index (χ1n) is 17.3. The van der Waals surface area contributed by atoms with E-state index in [1.807, 2.05) is 26.0 Å². The smallest absolute Gasteiger partial charge is 0.341 e. The third-order valence-corrected chi connectivity index (χ3v) is 11.3. The van der Waals surface area contributed by atoms with Gasteiger partial charge in [-0.15, -0.1) is 0 Å². The second kappa shape index (κ2) is 11.2. The van der Waals surface area contributed by atoms with E-state index >= 15 is 0 Å². The number of aromatic hydroxyl groups is 1. The highest BCUT2D eigenvalue weighted by molar-refractivity contribution is 5.88. The number of hydrogen-bond acceptors (Lipinski definition) is 11. The molecule has 1 aromatic carbocycles. The van der Waals surface area contributed by atoms with Crippen molar-refractivity contribution in [2.45, 2.75) is 113 Å². The number of nitrogen functional groups attached to an aromatic ring is 2. The number of anilines is 2. The fourth-order valence-electron chi connectivity index (χ4n) is 8.88. The summed E-state index contributed by atoms with van der Waals surface area (Å²) in [5.41, 5.74) is 13.2. The number of phenols is 1. The topological polar surface area (TPSA) is 176 Å². The maximum Gasteiger partial charge on any atom is 0.341 e. The first kappa shape index (κ1) is 31.6. The average molecular weight is 667 g/mol. The predicted molar refractivity (Wildman–Crippen MR) is 183 cm³/mol. The fraction of sp³-hybridized carbons (Fsp3) is 0.474. The third kappa shape index (κ3) is 5.21. The van der Waals surface area contributed by atoms with Crippen molar-refractivity contribution in [1.29, 1.82) is 0 Å². The molecule has 2 saturated heterocycles. The van der Waals surface area contributed by atoms with Crippen LogP contribution in [0.3, 0.4) is 0 Å². The number of ether oxygens (including phenoxy) is 3. The van der Waals surface area contributed by atoms with Crippen LogP contribution in [0.1, 0.15) is 94.4 Å². The number of fused-ring (bicyclic) bond motifs is 4. The maximum absolute atomic E-state index is 14.3. The van der Waals surface area contributed by atoms with Crippen LogP contribution in [0, 0.1) is 6.92 Å². The molecule has 4 aromatic rings. The van der Waals surface area contributed by atoms with Gasteiger partial charge in [-0.3, -0.25) is 4.79 Å². The van der Waals surface area contributed by atoms with Crippen LogP contribution in [0.2, 0.25) is 0 Å². The van der Waals surface area contributed by atoms with E-state index in [1.54, 1.807) is 25.3 Å². The molecule has 0 bridgehead atoms. The molecule has 4 atom stereocenters. The Morgan fingerprint density at radius 1 is 0.980 bits per heavy atom. The SMILES string of the molecule is Cc1cc(=O)c2c(O)c3c(cc2o1)OC(C)(C)C1OC(=O)C2(CCCCC31)OC2CC1(c2cc(N)nc(-c3ccnc(N)c3)c2)CCCC1. The van der Waals surface area contributed by atoms with Crippen LogP contribution in [0.5, 0.6) is 11.5 Å². The molecule has 0 amide bonds. The molecule has 5 N–H and O–H groups in total. The van der Waals surface area contributed by atoms with Gasteiger partial charge in [-0.05, 0) is 94.5 Å². The first-order chi connectivity index (χ1) is 23.4. The number of carbonyl (C=O) groups is 1. The molecule has 4 unspecified atom stereocenters. The highest BCUT2D eigenvalue weighted by Gasteiger charge is 2.66. The third-order valence-electron chi connectivity index (χ3n) is 11.3. The molecule has 6 heterocycles. The number of phenolic OH excluding ortho intramolecular Hbond substituents is 1. The monoisotopic (exact) mass is 666 g/mol. The van der Waals surface area contributed by atoms with Gasteiger partial charge < -0.3 is 35.2 Å². The lowest BCUT2D eigenvalue weighted by Gasteiger charge is -2.44. The summed E-state index contributed by atoms with van der Waals surface area (Å²) < 4.78 is 25.1. The van der Waals surface area contributed by atoms with Crippen molar-refractivity contribution in [3.05, 3.63) is 69.7 Å². The molecule has 3 fully saturated rings. The number of hydrogen-bond donors (Lipinski definition) is 3. The van der Waals surface area contributed by atoms with E-state index in [1.165, 1.54) is 6.07 Å². The number of pyridine rings is 2. The number of aryl methyl sites for hydroxylation is 1. The lowest BCUT2D eigenvalue weighted by atomic mass is 9.73. The number of carbonyl (C=O) groups excluding carboxylic acids is 1. The Hall–Kier alpha value is -4.64. The second-order valence-electron chi connectivity index (χ2n) is 14.9. The molecule has 3 aromatic heterocycles. The van der Waals surface area contributed by atoms with Crippen molar-refractivity contribution in [1.82, 2.24) is 9.97 Å². The van der Waals surface area contributed by atoms with Gasteiger partial charge >= 0.3 is 5.97 Å². The second-order valence-corrected chi connectivity index (χ2v) is 14.9. The van der Waals surface area contributed by atoms with Crippen LogP contribution in [0.4, 0.5) is 11.6 Å². The summed E-state index contributed by atoms with van der Waals surface area (Å²) >= 11 is 0. The van der Waals surface area contributed by atoms with Gasteiger partial charge in [0.1, 0.15) is 51.6 Å². The number of esters is 1. The Kier molecular flexibility index (Phi) is 7.22. The van der Waals surface area contributed by atoms with Gasteiger partial charge in [0, 0.05) is 35.4 Å². The lowest BCUT2D eigenvalue weighted by molar-refractivity contribution is -0.170. The van der Waals surface area contributed by atoms with Gasteiger partial charge in [-0.1, -0.05) is 19.3 Å². The number of benzene rings is 1. The van der Waals surface area contributed by atoms with E-state index in [2.05, 4.69) is 16.0 Å². The summed E-state index contributed by atoms with van der Waals surface area (Å²) in [6.07, 6.45) is 7.98. The number of nitrogens with zero attached hydrogens (tertiary/aromatic N) is 2. The highest BCUT2D eigenvalue weighted by Crippen LogP contribution is 2.56. The van der Waals surface area contributed by atoms with Crippen molar-refractivity contribution < 1.29 is 28.5 Å². The summed E-state index contributed by atoms with van der Waals surface area (Å²) in [6, 6.07) is 10.8. The highest BCUT2D eigenvalue weighted by atomic mass is 16.7. The molecule has 4 aliphatic rings. The van der Waals surface area contributed by atoms with E-state index in [0.717, 1.165) is 55.3 Å². The van der Waals surface area contributed by atoms with Crippen LogP contribution in [-0.2, 0) is 19.7 Å². The predicted octanol–water partition coefficient (Wildman–Crippen LogP) is 6.21.